The number of hydrogen-bond acceptors (Lipinski definition) is 2. The fraction of sp³-hybridized carbons (Fsp3) is 0.400. The van der Waals surface area contributed by atoms with E-state index in [0.29, 0.717) is 0 Å². The van der Waals surface area contributed by atoms with Gasteiger partial charge in [0.2, 0.25) is 0 Å². The zero-order valence-corrected chi connectivity index (χ0v) is 9.82. The van der Waals surface area contributed by atoms with Crippen LogP contribution in [0.3, 0.4) is 0 Å². The smallest absolute Gasteiger partial charge is 0.169 e. The quantitative estimate of drug-likeness (QED) is 0.777. The highest BCUT2D eigenvalue weighted by Crippen LogP contribution is 2.36. The van der Waals surface area contributed by atoms with Crippen molar-refractivity contribution >= 4 is 5.78 Å². The fourth-order valence-electron chi connectivity index (χ4n) is 2.80. The summed E-state index contributed by atoms with van der Waals surface area (Å²) < 4.78 is 5.27. The number of benzene rings is 1. The molecule has 0 saturated heterocycles. The summed E-state index contributed by atoms with van der Waals surface area (Å²) in [5, 5.41) is 0. The van der Waals surface area contributed by atoms with Gasteiger partial charge in [0.25, 0.3) is 0 Å². The second kappa shape index (κ2) is 4.36. The molecular formula is C15H16O2. The first-order valence-corrected chi connectivity index (χ1v) is 6.29. The van der Waals surface area contributed by atoms with E-state index in [1.165, 1.54) is 11.1 Å². The predicted molar refractivity (Wildman–Crippen MR) is 65.8 cm³/mol. The Morgan fingerprint density at radius 2 is 2.12 bits per heavy atom. The van der Waals surface area contributed by atoms with Crippen molar-refractivity contribution in [3.8, 4) is 0 Å². The lowest BCUT2D eigenvalue weighted by Gasteiger charge is -2.16. The van der Waals surface area contributed by atoms with E-state index in [9.17, 15) is 4.79 Å². The number of carbonyl (C=O) groups is 1. The number of fused-ring (bicyclic) bond motifs is 1. The third-order valence-electron chi connectivity index (χ3n) is 3.70. The van der Waals surface area contributed by atoms with Crippen molar-refractivity contribution in [2.75, 3.05) is 6.61 Å². The number of ketones is 1. The summed E-state index contributed by atoms with van der Waals surface area (Å²) in [6.45, 7) is 0.748. The lowest BCUT2D eigenvalue weighted by Crippen LogP contribution is -2.15. The molecule has 0 spiro atoms. The van der Waals surface area contributed by atoms with Crippen LogP contribution in [0.4, 0.5) is 0 Å². The van der Waals surface area contributed by atoms with Crippen molar-refractivity contribution in [1.29, 1.82) is 0 Å². The van der Waals surface area contributed by atoms with Crippen LogP contribution in [0.1, 0.15) is 36.3 Å². The highest BCUT2D eigenvalue weighted by molar-refractivity contribution is 6.00. The molecule has 1 aromatic carbocycles. The Bertz CT molecular complexity index is 474. The van der Waals surface area contributed by atoms with Crippen molar-refractivity contribution in [2.45, 2.75) is 31.6 Å². The fourth-order valence-corrected chi connectivity index (χ4v) is 2.80. The first-order chi connectivity index (χ1) is 8.36. The molecule has 17 heavy (non-hydrogen) atoms. The zero-order chi connectivity index (χ0) is 11.7. The second-order valence-electron chi connectivity index (χ2n) is 4.77. The topological polar surface area (TPSA) is 26.3 Å². The molecule has 2 nitrogen and oxygen atoms in total. The lowest BCUT2D eigenvalue weighted by atomic mass is 9.90. The first kappa shape index (κ1) is 10.6. The summed E-state index contributed by atoms with van der Waals surface area (Å²) in [5.41, 5.74) is 3.44. The SMILES string of the molecule is O=C(C1=COCCC1)C1CCc2ccccc21. The molecule has 2 heteroatoms. The predicted octanol–water partition coefficient (Wildman–Crippen LogP) is 2.98. The molecule has 0 saturated carbocycles. The van der Waals surface area contributed by atoms with Crippen molar-refractivity contribution in [2.24, 2.45) is 0 Å². The van der Waals surface area contributed by atoms with Crippen LogP contribution in [0.25, 0.3) is 0 Å². The van der Waals surface area contributed by atoms with Gasteiger partial charge in [-0.25, -0.2) is 0 Å². The van der Waals surface area contributed by atoms with Gasteiger partial charge in [-0.15, -0.1) is 0 Å². The van der Waals surface area contributed by atoms with Crippen LogP contribution in [-0.4, -0.2) is 12.4 Å². The van der Waals surface area contributed by atoms with Crippen LogP contribution in [0, 0.1) is 0 Å². The molecule has 0 radical (unpaired) electrons. The molecule has 0 fully saturated rings. The van der Waals surface area contributed by atoms with E-state index in [0.717, 1.165) is 37.9 Å². The Morgan fingerprint density at radius 1 is 1.24 bits per heavy atom. The number of hydrogen-bond donors (Lipinski definition) is 0. The largest absolute Gasteiger partial charge is 0.501 e. The molecule has 0 amide bonds. The molecule has 1 aromatic rings. The third-order valence-corrected chi connectivity index (χ3v) is 3.70. The van der Waals surface area contributed by atoms with Crippen LogP contribution >= 0.6 is 0 Å². The summed E-state index contributed by atoms with van der Waals surface area (Å²) in [7, 11) is 0. The summed E-state index contributed by atoms with van der Waals surface area (Å²) in [4.78, 5) is 12.4. The molecule has 0 bridgehead atoms. The van der Waals surface area contributed by atoms with E-state index < -0.39 is 0 Å². The molecule has 3 rings (SSSR count). The molecule has 1 atom stereocenters. The average Bonchev–Trinajstić information content (AvgIpc) is 2.83. The summed E-state index contributed by atoms with van der Waals surface area (Å²) in [6, 6.07) is 8.30. The molecule has 88 valence electrons. The van der Waals surface area contributed by atoms with Gasteiger partial charge in [-0.2, -0.15) is 0 Å². The first-order valence-electron chi connectivity index (χ1n) is 6.29. The maximum absolute atomic E-state index is 12.4. The van der Waals surface area contributed by atoms with E-state index in [1.807, 2.05) is 6.07 Å². The Labute approximate surface area is 101 Å². The van der Waals surface area contributed by atoms with Crippen LogP contribution < -0.4 is 0 Å². The van der Waals surface area contributed by atoms with Gasteiger partial charge in [0.05, 0.1) is 12.9 Å². The average molecular weight is 228 g/mol. The Hall–Kier alpha value is -1.57. The van der Waals surface area contributed by atoms with E-state index in [1.54, 1.807) is 6.26 Å². The van der Waals surface area contributed by atoms with Crippen LogP contribution in [0.2, 0.25) is 0 Å². The molecule has 1 heterocycles. The highest BCUT2D eigenvalue weighted by atomic mass is 16.5. The number of carbonyl (C=O) groups excluding carboxylic acids is 1. The van der Waals surface area contributed by atoms with E-state index in [4.69, 9.17) is 4.74 Å². The summed E-state index contributed by atoms with van der Waals surface area (Å²) >= 11 is 0. The maximum atomic E-state index is 12.4. The van der Waals surface area contributed by atoms with Gasteiger partial charge in [-0.05, 0) is 36.8 Å². The monoisotopic (exact) mass is 228 g/mol. The normalized spacial score (nSPS) is 22.6. The molecular weight excluding hydrogens is 212 g/mol. The van der Waals surface area contributed by atoms with Gasteiger partial charge in [0.15, 0.2) is 5.78 Å². The third kappa shape index (κ3) is 1.88. The van der Waals surface area contributed by atoms with Gasteiger partial charge < -0.3 is 4.74 Å². The number of Topliss-reactive ketones (excluding diaryl/α,β-unsaturated/α-hetero) is 1. The molecule has 1 unspecified atom stereocenters. The standard InChI is InChI=1S/C15H16O2/c16-15(12-5-3-9-17-10-12)14-8-7-11-4-1-2-6-13(11)14/h1-2,4,6,10,14H,3,5,7-9H2. The van der Waals surface area contributed by atoms with Crippen molar-refractivity contribution in [3.05, 3.63) is 47.2 Å². The van der Waals surface area contributed by atoms with Gasteiger partial charge in [0.1, 0.15) is 0 Å². The number of rotatable bonds is 2. The van der Waals surface area contributed by atoms with Crippen molar-refractivity contribution in [1.82, 2.24) is 0 Å². The zero-order valence-electron chi connectivity index (χ0n) is 9.82. The second-order valence-corrected chi connectivity index (χ2v) is 4.77. The Morgan fingerprint density at radius 3 is 2.94 bits per heavy atom. The summed E-state index contributed by atoms with van der Waals surface area (Å²) in [6.07, 6.45) is 5.49. The van der Waals surface area contributed by atoms with E-state index in [2.05, 4.69) is 18.2 Å². The molecule has 1 aliphatic carbocycles. The van der Waals surface area contributed by atoms with Gasteiger partial charge in [-0.3, -0.25) is 4.79 Å². The molecule has 0 N–H and O–H groups in total. The van der Waals surface area contributed by atoms with Crippen LogP contribution in [0.5, 0.6) is 0 Å². The molecule has 2 aliphatic rings. The van der Waals surface area contributed by atoms with Crippen LogP contribution in [0.15, 0.2) is 36.1 Å². The van der Waals surface area contributed by atoms with Gasteiger partial charge in [-0.1, -0.05) is 24.3 Å². The minimum Gasteiger partial charge on any atom is -0.501 e. The van der Waals surface area contributed by atoms with Crippen LogP contribution in [-0.2, 0) is 16.0 Å². The number of allylic oxidation sites excluding steroid dienone is 1. The minimum atomic E-state index is 0.0687. The van der Waals surface area contributed by atoms with E-state index in [-0.39, 0.29) is 11.7 Å². The van der Waals surface area contributed by atoms with Crippen molar-refractivity contribution in [3.63, 3.8) is 0 Å². The molecule has 0 aromatic heterocycles. The highest BCUT2D eigenvalue weighted by Gasteiger charge is 2.30. The number of ether oxygens (including phenoxy) is 1. The minimum absolute atomic E-state index is 0.0687. The Balaban J connectivity index is 1.87. The Kier molecular flexibility index (Phi) is 2.71. The van der Waals surface area contributed by atoms with Gasteiger partial charge in [0, 0.05) is 11.5 Å². The van der Waals surface area contributed by atoms with E-state index >= 15 is 0 Å². The summed E-state index contributed by atoms with van der Waals surface area (Å²) in [5.74, 6) is 0.341. The van der Waals surface area contributed by atoms with Gasteiger partial charge >= 0.3 is 0 Å². The maximum Gasteiger partial charge on any atom is 0.169 e. The lowest BCUT2D eigenvalue weighted by molar-refractivity contribution is -0.117. The number of aryl methyl sites for hydroxylation is 1. The molecule has 1 aliphatic heterocycles. The van der Waals surface area contributed by atoms with Crippen molar-refractivity contribution < 1.29 is 9.53 Å².